The molecule has 11 heteroatoms. The molecule has 0 bridgehead atoms. The van der Waals surface area contributed by atoms with Crippen LogP contribution in [0.15, 0.2) is 24.5 Å². The Balaban J connectivity index is 1.53. The number of aliphatic hydroxyl groups excluding tert-OH is 1. The molecule has 2 aliphatic heterocycles. The van der Waals surface area contributed by atoms with E-state index in [0.717, 1.165) is 21.7 Å². The van der Waals surface area contributed by atoms with Crippen LogP contribution in [0.25, 0.3) is 11.3 Å². The number of aliphatic hydroxyl groups is 1. The lowest BCUT2D eigenvalue weighted by Gasteiger charge is -2.33. The van der Waals surface area contributed by atoms with E-state index in [-0.39, 0.29) is 17.3 Å². The van der Waals surface area contributed by atoms with Crippen LogP contribution in [-0.2, 0) is 16.8 Å². The molecule has 5 rings (SSSR count). The Morgan fingerprint density at radius 3 is 2.71 bits per heavy atom. The lowest BCUT2D eigenvalue weighted by atomic mass is 9.92. The van der Waals surface area contributed by atoms with E-state index in [1.165, 1.54) is 31.9 Å². The summed E-state index contributed by atoms with van der Waals surface area (Å²) in [5.41, 5.74) is 1.96. The van der Waals surface area contributed by atoms with E-state index in [0.29, 0.717) is 36.9 Å². The number of hydrogen-bond donors (Lipinski definition) is 2. The molecule has 2 aromatic heterocycles. The Labute approximate surface area is 199 Å². The number of ether oxygens (including phenoxy) is 4. The molecular weight excluding hydrogens is 460 g/mol. The third-order valence-electron chi connectivity index (χ3n) is 5.78. The van der Waals surface area contributed by atoms with E-state index < -0.39 is 17.6 Å². The standard InChI is InChI=1S/C23H24N4O6S/c1-12(28)8-13-4-5-14-15(9-13)33-23(6-7-32-10-23)18-17(14)26-22(34-18)27-19(29)16-20(30-2)24-11-25-21(16)31-3/h4-5,9,11-12,28H,6-8,10H2,1-3H3,(H,26,27,29). The summed E-state index contributed by atoms with van der Waals surface area (Å²) in [6.07, 6.45) is 2.00. The van der Waals surface area contributed by atoms with Crippen molar-refractivity contribution in [3.8, 4) is 28.8 Å². The topological polar surface area (TPSA) is 125 Å². The van der Waals surface area contributed by atoms with Crippen molar-refractivity contribution < 1.29 is 28.8 Å². The molecule has 1 amide bonds. The van der Waals surface area contributed by atoms with Crippen molar-refractivity contribution in [2.75, 3.05) is 32.8 Å². The van der Waals surface area contributed by atoms with E-state index in [9.17, 15) is 9.90 Å². The maximum atomic E-state index is 13.1. The highest BCUT2D eigenvalue weighted by molar-refractivity contribution is 7.16. The number of anilines is 1. The predicted molar refractivity (Wildman–Crippen MR) is 124 cm³/mol. The number of nitrogens with one attached hydrogen (secondary N) is 1. The number of nitrogens with zero attached hydrogens (tertiary/aromatic N) is 3. The van der Waals surface area contributed by atoms with Gasteiger partial charge in [-0.15, -0.1) is 0 Å². The van der Waals surface area contributed by atoms with E-state index >= 15 is 0 Å². The summed E-state index contributed by atoms with van der Waals surface area (Å²) in [6, 6.07) is 5.84. The van der Waals surface area contributed by atoms with Crippen LogP contribution in [0.4, 0.5) is 5.13 Å². The quantitative estimate of drug-likeness (QED) is 0.543. The summed E-state index contributed by atoms with van der Waals surface area (Å²) >= 11 is 1.35. The van der Waals surface area contributed by atoms with Gasteiger partial charge in [0.15, 0.2) is 16.3 Å². The first-order valence-corrected chi connectivity index (χ1v) is 11.6. The number of methoxy groups -OCH3 is 2. The zero-order valence-corrected chi connectivity index (χ0v) is 19.8. The van der Waals surface area contributed by atoms with Crippen LogP contribution >= 0.6 is 11.3 Å². The van der Waals surface area contributed by atoms with Gasteiger partial charge in [0.25, 0.3) is 5.91 Å². The second-order valence-electron chi connectivity index (χ2n) is 8.20. The second-order valence-corrected chi connectivity index (χ2v) is 9.20. The fourth-order valence-electron chi connectivity index (χ4n) is 4.26. The molecule has 2 aliphatic rings. The molecule has 0 radical (unpaired) electrons. The van der Waals surface area contributed by atoms with Gasteiger partial charge in [-0.2, -0.15) is 0 Å². The summed E-state index contributed by atoms with van der Waals surface area (Å²) < 4.78 is 22.6. The molecule has 0 aliphatic carbocycles. The molecule has 4 heterocycles. The SMILES string of the molecule is COc1ncnc(OC)c1C(=O)Nc1nc2c(s1)C1(CCOC1)Oc1cc(CC(C)O)ccc1-2. The van der Waals surface area contributed by atoms with E-state index in [1.54, 1.807) is 6.92 Å². The van der Waals surface area contributed by atoms with Crippen LogP contribution in [0.3, 0.4) is 0 Å². The van der Waals surface area contributed by atoms with Gasteiger partial charge in [0, 0.05) is 12.0 Å². The van der Waals surface area contributed by atoms with Crippen molar-refractivity contribution in [3.63, 3.8) is 0 Å². The number of hydrogen-bond acceptors (Lipinski definition) is 10. The van der Waals surface area contributed by atoms with Gasteiger partial charge in [-0.05, 0) is 31.0 Å². The molecule has 2 atom stereocenters. The first kappa shape index (κ1) is 22.5. The number of fused-ring (bicyclic) bond motifs is 4. The molecule has 1 saturated heterocycles. The zero-order valence-electron chi connectivity index (χ0n) is 19.0. The highest BCUT2D eigenvalue weighted by Gasteiger charge is 2.47. The van der Waals surface area contributed by atoms with Crippen LogP contribution in [0.2, 0.25) is 0 Å². The summed E-state index contributed by atoms with van der Waals surface area (Å²) in [7, 11) is 2.84. The number of rotatable bonds is 6. The lowest BCUT2D eigenvalue weighted by molar-refractivity contribution is 0.0483. The number of carbonyl (C=O) groups is 1. The highest BCUT2D eigenvalue weighted by atomic mass is 32.1. The van der Waals surface area contributed by atoms with Gasteiger partial charge in [-0.25, -0.2) is 15.0 Å². The third-order valence-corrected chi connectivity index (χ3v) is 6.93. The molecule has 10 nitrogen and oxygen atoms in total. The van der Waals surface area contributed by atoms with Crippen LogP contribution < -0.4 is 19.5 Å². The summed E-state index contributed by atoms with van der Waals surface area (Å²) in [5, 5.41) is 13.0. The first-order chi connectivity index (χ1) is 16.4. The average molecular weight is 485 g/mol. The minimum Gasteiger partial charge on any atom is -0.480 e. The van der Waals surface area contributed by atoms with Gasteiger partial charge in [0.1, 0.15) is 12.1 Å². The molecule has 2 N–H and O–H groups in total. The Hall–Kier alpha value is -3.28. The smallest absolute Gasteiger partial charge is 0.268 e. The zero-order chi connectivity index (χ0) is 23.9. The molecule has 2 unspecified atom stereocenters. The molecule has 1 fully saturated rings. The molecular formula is C23H24N4O6S. The fourth-order valence-corrected chi connectivity index (χ4v) is 5.38. The van der Waals surface area contributed by atoms with E-state index in [1.807, 2.05) is 18.2 Å². The minimum atomic E-state index is -0.669. The van der Waals surface area contributed by atoms with Crippen molar-refractivity contribution in [2.24, 2.45) is 0 Å². The Morgan fingerprint density at radius 1 is 1.29 bits per heavy atom. The van der Waals surface area contributed by atoms with Gasteiger partial charge in [0.2, 0.25) is 11.8 Å². The number of carbonyl (C=O) groups excluding carboxylic acids is 1. The third kappa shape index (κ3) is 3.85. The van der Waals surface area contributed by atoms with Gasteiger partial charge < -0.3 is 24.1 Å². The summed E-state index contributed by atoms with van der Waals surface area (Å²) in [6.45, 7) is 2.71. The lowest BCUT2D eigenvalue weighted by Crippen LogP contribution is -2.35. The normalized spacial score (nSPS) is 19.2. The fraction of sp³-hybridized carbons (Fsp3) is 0.391. The Bertz CT molecular complexity index is 1220. The van der Waals surface area contributed by atoms with Crippen LogP contribution in [-0.4, -0.2) is 59.5 Å². The van der Waals surface area contributed by atoms with Gasteiger partial charge in [-0.1, -0.05) is 17.4 Å². The van der Waals surface area contributed by atoms with Crippen molar-refractivity contribution >= 4 is 22.4 Å². The van der Waals surface area contributed by atoms with Gasteiger partial charge in [0.05, 0.1) is 44.1 Å². The molecule has 1 aromatic carbocycles. The summed E-state index contributed by atoms with van der Waals surface area (Å²) in [4.78, 5) is 26.8. The number of thiazole rings is 1. The predicted octanol–water partition coefficient (Wildman–Crippen LogP) is 2.80. The van der Waals surface area contributed by atoms with Crippen molar-refractivity contribution in [1.29, 1.82) is 0 Å². The van der Waals surface area contributed by atoms with Crippen LogP contribution in [0, 0.1) is 0 Å². The van der Waals surface area contributed by atoms with Crippen molar-refractivity contribution in [2.45, 2.75) is 31.5 Å². The van der Waals surface area contributed by atoms with Crippen LogP contribution in [0.1, 0.15) is 34.1 Å². The second kappa shape index (κ2) is 8.82. The largest absolute Gasteiger partial charge is 0.480 e. The monoisotopic (exact) mass is 484 g/mol. The van der Waals surface area contributed by atoms with Gasteiger partial charge >= 0.3 is 0 Å². The molecule has 3 aromatic rings. The first-order valence-electron chi connectivity index (χ1n) is 10.8. The number of benzene rings is 1. The Kier molecular flexibility index (Phi) is 5.84. The number of aromatic nitrogens is 3. The maximum absolute atomic E-state index is 13.1. The van der Waals surface area contributed by atoms with Crippen LogP contribution in [0.5, 0.6) is 17.5 Å². The highest BCUT2D eigenvalue weighted by Crippen LogP contribution is 2.51. The van der Waals surface area contributed by atoms with Crippen molar-refractivity contribution in [1.82, 2.24) is 15.0 Å². The minimum absolute atomic E-state index is 0.0824. The molecule has 178 valence electrons. The van der Waals surface area contributed by atoms with Gasteiger partial charge in [-0.3, -0.25) is 10.1 Å². The molecule has 1 spiro atoms. The Morgan fingerprint density at radius 2 is 2.06 bits per heavy atom. The average Bonchev–Trinajstić information content (AvgIpc) is 3.46. The summed E-state index contributed by atoms with van der Waals surface area (Å²) in [5.74, 6) is 0.404. The molecule has 0 saturated carbocycles. The van der Waals surface area contributed by atoms with E-state index in [2.05, 4.69) is 15.3 Å². The maximum Gasteiger partial charge on any atom is 0.268 e. The number of amides is 1. The molecule has 34 heavy (non-hydrogen) atoms. The van der Waals surface area contributed by atoms with E-state index in [4.69, 9.17) is 23.9 Å². The van der Waals surface area contributed by atoms with Crippen molar-refractivity contribution in [3.05, 3.63) is 40.5 Å².